The van der Waals surface area contributed by atoms with Crippen LogP contribution in [-0.2, 0) is 13.0 Å². The van der Waals surface area contributed by atoms with Gasteiger partial charge in [-0.2, -0.15) is 0 Å². The van der Waals surface area contributed by atoms with Crippen LogP contribution in [0.4, 0.5) is 0 Å². The smallest absolute Gasteiger partial charge is 0.191 e. The van der Waals surface area contributed by atoms with Gasteiger partial charge in [0.2, 0.25) is 0 Å². The van der Waals surface area contributed by atoms with Crippen LogP contribution in [-0.4, -0.2) is 24.0 Å². The molecule has 2 rings (SSSR count). The van der Waals surface area contributed by atoms with Crippen molar-refractivity contribution in [3.05, 3.63) is 51.5 Å². The summed E-state index contributed by atoms with van der Waals surface area (Å²) in [5.41, 5.74) is 3.68. The lowest BCUT2D eigenvalue weighted by Crippen LogP contribution is -2.39. The first kappa shape index (κ1) is 18.5. The molecule has 24 heavy (non-hydrogen) atoms. The Morgan fingerprint density at radius 3 is 2.58 bits per heavy atom. The zero-order valence-electron chi connectivity index (χ0n) is 15.1. The minimum Gasteiger partial charge on any atom is -0.357 e. The van der Waals surface area contributed by atoms with Gasteiger partial charge in [0.25, 0.3) is 0 Å². The average Bonchev–Trinajstić information content (AvgIpc) is 3.06. The zero-order chi connectivity index (χ0) is 17.4. The van der Waals surface area contributed by atoms with E-state index in [1.807, 2.05) is 0 Å². The van der Waals surface area contributed by atoms with Gasteiger partial charge in [0.05, 0.1) is 17.2 Å². The van der Waals surface area contributed by atoms with Crippen molar-refractivity contribution >= 4 is 17.3 Å². The number of aliphatic imine (C=N–C) groups is 1. The van der Waals surface area contributed by atoms with Gasteiger partial charge in [-0.05, 0) is 31.7 Å². The summed E-state index contributed by atoms with van der Waals surface area (Å²) in [6, 6.07) is 8.73. The molecule has 0 saturated carbocycles. The quantitative estimate of drug-likeness (QED) is 0.592. The standard InChI is InChI=1S/C19H28N4S/c1-5-18-23-17(13-24-18)12-22-19(20-6-2)21-11-15(4)16-9-7-14(3)8-10-16/h7-10,13,15H,5-6,11-12H2,1-4H3,(H2,20,21,22). The lowest BCUT2D eigenvalue weighted by Gasteiger charge is -2.16. The molecule has 0 radical (unpaired) electrons. The second kappa shape index (κ2) is 9.42. The van der Waals surface area contributed by atoms with Crippen LogP contribution < -0.4 is 10.6 Å². The molecule has 0 aliphatic rings. The Balaban J connectivity index is 1.92. The monoisotopic (exact) mass is 344 g/mol. The molecule has 1 aromatic heterocycles. The summed E-state index contributed by atoms with van der Waals surface area (Å²) in [7, 11) is 0. The largest absolute Gasteiger partial charge is 0.357 e. The van der Waals surface area contributed by atoms with E-state index in [0.29, 0.717) is 12.5 Å². The van der Waals surface area contributed by atoms with Crippen molar-refractivity contribution in [3.63, 3.8) is 0 Å². The lowest BCUT2D eigenvalue weighted by atomic mass is 10.0. The highest BCUT2D eigenvalue weighted by molar-refractivity contribution is 7.09. The molecule has 4 nitrogen and oxygen atoms in total. The average molecular weight is 345 g/mol. The Bertz CT molecular complexity index is 646. The summed E-state index contributed by atoms with van der Waals surface area (Å²) in [5.74, 6) is 1.28. The molecule has 1 unspecified atom stereocenters. The number of thiazole rings is 1. The van der Waals surface area contributed by atoms with E-state index in [1.165, 1.54) is 16.1 Å². The summed E-state index contributed by atoms with van der Waals surface area (Å²) in [4.78, 5) is 9.22. The highest BCUT2D eigenvalue weighted by Crippen LogP contribution is 2.15. The van der Waals surface area contributed by atoms with Crippen molar-refractivity contribution in [2.75, 3.05) is 13.1 Å². The Labute approximate surface area is 149 Å². The van der Waals surface area contributed by atoms with Crippen molar-refractivity contribution in [3.8, 4) is 0 Å². The third-order valence-corrected chi connectivity index (χ3v) is 4.91. The number of guanidine groups is 1. The highest BCUT2D eigenvalue weighted by atomic mass is 32.1. The van der Waals surface area contributed by atoms with Crippen LogP contribution in [0.5, 0.6) is 0 Å². The van der Waals surface area contributed by atoms with Gasteiger partial charge < -0.3 is 10.6 Å². The third-order valence-electron chi connectivity index (χ3n) is 3.87. The van der Waals surface area contributed by atoms with Crippen LogP contribution in [0.2, 0.25) is 0 Å². The number of aromatic nitrogens is 1. The summed E-state index contributed by atoms with van der Waals surface area (Å²) < 4.78 is 0. The topological polar surface area (TPSA) is 49.3 Å². The Hall–Kier alpha value is -1.88. The van der Waals surface area contributed by atoms with E-state index in [2.05, 4.69) is 78.0 Å². The Kier molecular flexibility index (Phi) is 7.25. The van der Waals surface area contributed by atoms with E-state index in [9.17, 15) is 0 Å². The number of nitrogens with zero attached hydrogens (tertiary/aromatic N) is 2. The van der Waals surface area contributed by atoms with E-state index >= 15 is 0 Å². The summed E-state index contributed by atoms with van der Waals surface area (Å²) in [6.45, 7) is 10.9. The van der Waals surface area contributed by atoms with Crippen LogP contribution in [0.25, 0.3) is 0 Å². The first-order chi connectivity index (χ1) is 11.6. The first-order valence-corrected chi connectivity index (χ1v) is 9.52. The van der Waals surface area contributed by atoms with Crippen molar-refractivity contribution in [1.82, 2.24) is 15.6 Å². The maximum Gasteiger partial charge on any atom is 0.191 e. The Morgan fingerprint density at radius 2 is 1.96 bits per heavy atom. The molecule has 0 amide bonds. The van der Waals surface area contributed by atoms with E-state index in [1.54, 1.807) is 11.3 Å². The highest BCUT2D eigenvalue weighted by Gasteiger charge is 2.07. The van der Waals surface area contributed by atoms with E-state index in [0.717, 1.165) is 31.2 Å². The fourth-order valence-electron chi connectivity index (χ4n) is 2.35. The normalized spacial score (nSPS) is 12.9. The molecule has 0 aliphatic heterocycles. The van der Waals surface area contributed by atoms with Crippen LogP contribution in [0.1, 0.15) is 48.5 Å². The van der Waals surface area contributed by atoms with Crippen molar-refractivity contribution in [2.24, 2.45) is 4.99 Å². The SMILES string of the molecule is CCNC(=NCc1csc(CC)n1)NCC(C)c1ccc(C)cc1. The van der Waals surface area contributed by atoms with Gasteiger partial charge in [0.1, 0.15) is 0 Å². The molecule has 0 aliphatic carbocycles. The van der Waals surface area contributed by atoms with E-state index < -0.39 is 0 Å². The van der Waals surface area contributed by atoms with Gasteiger partial charge in [-0.3, -0.25) is 0 Å². The molecule has 130 valence electrons. The number of rotatable bonds is 7. The maximum atomic E-state index is 4.65. The zero-order valence-corrected chi connectivity index (χ0v) is 15.9. The molecule has 1 heterocycles. The first-order valence-electron chi connectivity index (χ1n) is 8.64. The third kappa shape index (κ3) is 5.64. The Morgan fingerprint density at radius 1 is 1.21 bits per heavy atom. The molecule has 2 aromatic rings. The van der Waals surface area contributed by atoms with Crippen molar-refractivity contribution < 1.29 is 0 Å². The van der Waals surface area contributed by atoms with Crippen molar-refractivity contribution in [2.45, 2.75) is 46.6 Å². The fourth-order valence-corrected chi connectivity index (χ4v) is 3.08. The minimum absolute atomic E-state index is 0.431. The second-order valence-corrected chi connectivity index (χ2v) is 6.92. The van der Waals surface area contributed by atoms with Crippen LogP contribution in [0.3, 0.4) is 0 Å². The summed E-state index contributed by atoms with van der Waals surface area (Å²) >= 11 is 1.71. The fraction of sp³-hybridized carbons (Fsp3) is 0.474. The molecule has 0 spiro atoms. The molecular formula is C19H28N4S. The number of nitrogens with one attached hydrogen (secondary N) is 2. The van der Waals surface area contributed by atoms with Crippen LogP contribution in [0.15, 0.2) is 34.6 Å². The number of benzene rings is 1. The van der Waals surface area contributed by atoms with Crippen LogP contribution in [0, 0.1) is 6.92 Å². The molecule has 5 heteroatoms. The van der Waals surface area contributed by atoms with E-state index in [-0.39, 0.29) is 0 Å². The van der Waals surface area contributed by atoms with Gasteiger partial charge in [-0.25, -0.2) is 9.98 Å². The van der Waals surface area contributed by atoms with Crippen LogP contribution >= 0.6 is 11.3 Å². The predicted octanol–water partition coefficient (Wildman–Crippen LogP) is 3.87. The summed E-state index contributed by atoms with van der Waals surface area (Å²) in [6.07, 6.45) is 0.987. The van der Waals surface area contributed by atoms with Gasteiger partial charge in [0, 0.05) is 18.5 Å². The number of hydrogen-bond acceptors (Lipinski definition) is 3. The lowest BCUT2D eigenvalue weighted by molar-refractivity contribution is 0.699. The van der Waals surface area contributed by atoms with E-state index in [4.69, 9.17) is 0 Å². The van der Waals surface area contributed by atoms with Crippen molar-refractivity contribution in [1.29, 1.82) is 0 Å². The maximum absolute atomic E-state index is 4.65. The van der Waals surface area contributed by atoms with Gasteiger partial charge in [-0.15, -0.1) is 11.3 Å². The summed E-state index contributed by atoms with van der Waals surface area (Å²) in [5, 5.41) is 10.0. The molecule has 0 fully saturated rings. The predicted molar refractivity (Wildman–Crippen MR) is 104 cm³/mol. The molecule has 0 bridgehead atoms. The molecule has 1 atom stereocenters. The molecule has 1 aromatic carbocycles. The number of aryl methyl sites for hydroxylation is 2. The molecule has 2 N–H and O–H groups in total. The number of hydrogen-bond donors (Lipinski definition) is 2. The van der Waals surface area contributed by atoms with Gasteiger partial charge in [-0.1, -0.05) is 43.7 Å². The molecule has 0 saturated heterocycles. The minimum atomic E-state index is 0.431. The second-order valence-electron chi connectivity index (χ2n) is 5.97. The van der Waals surface area contributed by atoms with Gasteiger partial charge in [0.15, 0.2) is 5.96 Å². The molecular weight excluding hydrogens is 316 g/mol. The van der Waals surface area contributed by atoms with Gasteiger partial charge >= 0.3 is 0 Å².